The Labute approximate surface area is 119 Å². The number of furan rings is 1. The standard InChI is InChI=1S/C13H13N3O5/c1-9(10-5-3-7-20-10)15-12(17)8-21-11-4-2-6-14-13(11)16(18)19/h2-7,9H,8H2,1H3,(H,15,17)/t9-/m1/s1. The van der Waals surface area contributed by atoms with Gasteiger partial charge in [0.1, 0.15) is 12.0 Å². The first-order valence-corrected chi connectivity index (χ1v) is 6.13. The lowest BCUT2D eigenvalue weighted by molar-refractivity contribution is -0.390. The molecule has 0 spiro atoms. The van der Waals surface area contributed by atoms with Crippen LogP contribution in [0.4, 0.5) is 5.82 Å². The van der Waals surface area contributed by atoms with E-state index >= 15 is 0 Å². The summed E-state index contributed by atoms with van der Waals surface area (Å²) in [6, 6.07) is 6.01. The van der Waals surface area contributed by atoms with Gasteiger partial charge in [0.25, 0.3) is 5.91 Å². The summed E-state index contributed by atoms with van der Waals surface area (Å²) < 4.78 is 10.3. The third-order valence-electron chi connectivity index (χ3n) is 2.63. The van der Waals surface area contributed by atoms with E-state index in [0.29, 0.717) is 5.76 Å². The predicted molar refractivity (Wildman–Crippen MR) is 71.7 cm³/mol. The van der Waals surface area contributed by atoms with Crippen LogP contribution in [-0.4, -0.2) is 22.4 Å². The number of hydrogen-bond donors (Lipinski definition) is 1. The molecule has 0 unspecified atom stereocenters. The zero-order valence-electron chi connectivity index (χ0n) is 11.2. The van der Waals surface area contributed by atoms with Crippen molar-refractivity contribution in [2.75, 3.05) is 6.61 Å². The highest BCUT2D eigenvalue weighted by molar-refractivity contribution is 5.78. The number of rotatable bonds is 6. The van der Waals surface area contributed by atoms with Crippen LogP contribution < -0.4 is 10.1 Å². The van der Waals surface area contributed by atoms with Crippen molar-refractivity contribution in [1.82, 2.24) is 10.3 Å². The number of amides is 1. The monoisotopic (exact) mass is 291 g/mol. The first-order chi connectivity index (χ1) is 10.1. The second-order valence-electron chi connectivity index (χ2n) is 4.18. The van der Waals surface area contributed by atoms with E-state index in [1.165, 1.54) is 24.6 Å². The number of carbonyl (C=O) groups excluding carboxylic acids is 1. The molecule has 2 aromatic heterocycles. The van der Waals surface area contributed by atoms with Crippen LogP contribution in [0.1, 0.15) is 18.7 Å². The van der Waals surface area contributed by atoms with Crippen LogP contribution in [0, 0.1) is 10.1 Å². The van der Waals surface area contributed by atoms with Gasteiger partial charge in [0, 0.05) is 0 Å². The highest BCUT2D eigenvalue weighted by Gasteiger charge is 2.17. The van der Waals surface area contributed by atoms with Crippen molar-refractivity contribution >= 4 is 11.7 Å². The van der Waals surface area contributed by atoms with Gasteiger partial charge in [-0.3, -0.25) is 4.79 Å². The van der Waals surface area contributed by atoms with Gasteiger partial charge in [0.15, 0.2) is 6.61 Å². The Balaban J connectivity index is 1.91. The summed E-state index contributed by atoms with van der Waals surface area (Å²) in [5.41, 5.74) is 0. The fourth-order valence-electron chi connectivity index (χ4n) is 1.67. The minimum absolute atomic E-state index is 0.0525. The van der Waals surface area contributed by atoms with Crippen LogP contribution in [-0.2, 0) is 4.79 Å². The lowest BCUT2D eigenvalue weighted by atomic mass is 10.2. The lowest BCUT2D eigenvalue weighted by Gasteiger charge is -2.11. The van der Waals surface area contributed by atoms with E-state index in [-0.39, 0.29) is 18.4 Å². The average Bonchev–Trinajstić information content (AvgIpc) is 2.99. The molecule has 21 heavy (non-hydrogen) atoms. The van der Waals surface area contributed by atoms with Crippen LogP contribution in [0.25, 0.3) is 0 Å². The molecule has 8 heteroatoms. The molecule has 110 valence electrons. The van der Waals surface area contributed by atoms with E-state index in [9.17, 15) is 14.9 Å². The summed E-state index contributed by atoms with van der Waals surface area (Å²) in [6.45, 7) is 1.40. The van der Waals surface area contributed by atoms with Gasteiger partial charge in [-0.2, -0.15) is 0 Å². The fraction of sp³-hybridized carbons (Fsp3) is 0.231. The lowest BCUT2D eigenvalue weighted by Crippen LogP contribution is -2.31. The second-order valence-corrected chi connectivity index (χ2v) is 4.18. The fourth-order valence-corrected chi connectivity index (χ4v) is 1.67. The molecule has 1 atom stereocenters. The van der Waals surface area contributed by atoms with Gasteiger partial charge in [0.05, 0.1) is 12.3 Å². The maximum absolute atomic E-state index is 11.7. The SMILES string of the molecule is C[C@@H](NC(=O)COc1cccnc1[N+](=O)[O-])c1ccco1. The van der Waals surface area contributed by atoms with Gasteiger partial charge in [0.2, 0.25) is 5.75 Å². The van der Waals surface area contributed by atoms with E-state index in [1.807, 2.05) is 0 Å². The van der Waals surface area contributed by atoms with E-state index in [4.69, 9.17) is 9.15 Å². The summed E-state index contributed by atoms with van der Waals surface area (Å²) in [6.07, 6.45) is 2.79. The summed E-state index contributed by atoms with van der Waals surface area (Å²) in [7, 11) is 0. The van der Waals surface area contributed by atoms with E-state index in [1.54, 1.807) is 19.1 Å². The van der Waals surface area contributed by atoms with Crippen molar-refractivity contribution in [3.8, 4) is 5.75 Å². The molecule has 0 bridgehead atoms. The largest absolute Gasteiger partial charge is 0.476 e. The average molecular weight is 291 g/mol. The van der Waals surface area contributed by atoms with Gasteiger partial charge in [-0.15, -0.1) is 0 Å². The molecule has 8 nitrogen and oxygen atoms in total. The van der Waals surface area contributed by atoms with E-state index in [2.05, 4.69) is 10.3 Å². The van der Waals surface area contributed by atoms with Crippen LogP contribution >= 0.6 is 0 Å². The molecule has 0 saturated heterocycles. The van der Waals surface area contributed by atoms with Gasteiger partial charge in [-0.25, -0.2) is 0 Å². The number of carbonyl (C=O) groups is 1. The quantitative estimate of drug-likeness (QED) is 0.642. The van der Waals surface area contributed by atoms with Crippen LogP contribution in [0.15, 0.2) is 41.1 Å². The Morgan fingerprint density at radius 2 is 2.33 bits per heavy atom. The summed E-state index contributed by atoms with van der Waals surface area (Å²) >= 11 is 0. The summed E-state index contributed by atoms with van der Waals surface area (Å²) in [5.74, 6) is -0.291. The number of aromatic nitrogens is 1. The van der Waals surface area contributed by atoms with Crippen LogP contribution in [0.3, 0.4) is 0 Å². The van der Waals surface area contributed by atoms with Crippen molar-refractivity contribution in [1.29, 1.82) is 0 Å². The molecule has 1 N–H and O–H groups in total. The Bertz CT molecular complexity index is 626. The summed E-state index contributed by atoms with van der Waals surface area (Å²) in [5, 5.41) is 13.4. The molecule has 0 saturated carbocycles. The first-order valence-electron chi connectivity index (χ1n) is 6.13. The van der Waals surface area contributed by atoms with Crippen LogP contribution in [0.2, 0.25) is 0 Å². The Kier molecular flexibility index (Phi) is 4.50. The predicted octanol–water partition coefficient (Wildman–Crippen LogP) is 1.84. The molecule has 0 aliphatic heterocycles. The molecule has 2 aromatic rings. The Morgan fingerprint density at radius 3 is 3.00 bits per heavy atom. The van der Waals surface area contributed by atoms with E-state index in [0.717, 1.165) is 0 Å². The molecule has 1 amide bonds. The maximum atomic E-state index is 11.7. The molecule has 0 fully saturated rings. The van der Waals surface area contributed by atoms with Gasteiger partial charge in [-0.1, -0.05) is 0 Å². The normalized spacial score (nSPS) is 11.7. The van der Waals surface area contributed by atoms with Crippen molar-refractivity contribution in [3.05, 3.63) is 52.6 Å². The summed E-state index contributed by atoms with van der Waals surface area (Å²) in [4.78, 5) is 25.4. The van der Waals surface area contributed by atoms with Crippen molar-refractivity contribution in [3.63, 3.8) is 0 Å². The maximum Gasteiger partial charge on any atom is 0.406 e. The number of pyridine rings is 1. The van der Waals surface area contributed by atoms with Gasteiger partial charge >= 0.3 is 5.82 Å². The molecule has 2 heterocycles. The van der Waals surface area contributed by atoms with Crippen molar-refractivity contribution in [2.45, 2.75) is 13.0 Å². The minimum atomic E-state index is -0.668. The number of ether oxygens (including phenoxy) is 1. The highest BCUT2D eigenvalue weighted by Crippen LogP contribution is 2.22. The van der Waals surface area contributed by atoms with Crippen molar-refractivity contribution in [2.24, 2.45) is 0 Å². The van der Waals surface area contributed by atoms with E-state index < -0.39 is 16.6 Å². The molecule has 0 aromatic carbocycles. The topological polar surface area (TPSA) is 108 Å². The van der Waals surface area contributed by atoms with Crippen molar-refractivity contribution < 1.29 is 18.9 Å². The molecular weight excluding hydrogens is 278 g/mol. The number of nitrogens with zero attached hydrogens (tertiary/aromatic N) is 2. The second kappa shape index (κ2) is 6.51. The minimum Gasteiger partial charge on any atom is -0.476 e. The first kappa shape index (κ1) is 14.5. The molecule has 2 rings (SSSR count). The zero-order valence-corrected chi connectivity index (χ0v) is 11.2. The number of nitro groups is 1. The molecule has 0 radical (unpaired) electrons. The smallest absolute Gasteiger partial charge is 0.406 e. The Hall–Kier alpha value is -2.90. The number of hydrogen-bond acceptors (Lipinski definition) is 6. The molecule has 0 aliphatic carbocycles. The number of nitrogens with one attached hydrogen (secondary N) is 1. The van der Waals surface area contributed by atoms with Gasteiger partial charge in [-0.05, 0) is 41.1 Å². The third-order valence-corrected chi connectivity index (χ3v) is 2.63. The third kappa shape index (κ3) is 3.78. The molecule has 0 aliphatic rings. The Morgan fingerprint density at radius 1 is 1.52 bits per heavy atom. The highest BCUT2D eigenvalue weighted by atomic mass is 16.6. The van der Waals surface area contributed by atoms with Gasteiger partial charge < -0.3 is 24.6 Å². The zero-order chi connectivity index (χ0) is 15.2. The molecular formula is C13H13N3O5. The van der Waals surface area contributed by atoms with Crippen LogP contribution in [0.5, 0.6) is 5.75 Å².